The van der Waals surface area contributed by atoms with Gasteiger partial charge < -0.3 is 4.57 Å². The lowest BCUT2D eigenvalue weighted by molar-refractivity contribution is 0.325. The molecule has 0 radical (unpaired) electrons. The lowest BCUT2D eigenvalue weighted by atomic mass is 10.3. The Labute approximate surface area is 134 Å². The van der Waals surface area contributed by atoms with E-state index < -0.39 is 10.0 Å². The molecule has 2 aromatic heterocycles. The number of hydrogen-bond donors (Lipinski definition) is 1. The van der Waals surface area contributed by atoms with Gasteiger partial charge in [0.1, 0.15) is 5.82 Å². The fraction of sp³-hybridized carbons (Fsp3) is 0.500. The molecule has 3 rings (SSSR count). The largest absolute Gasteiger partial charge is 0.337 e. The average molecular weight is 340 g/mol. The van der Waals surface area contributed by atoms with E-state index in [0.717, 1.165) is 26.1 Å². The second-order valence-electron chi connectivity index (χ2n) is 5.71. The summed E-state index contributed by atoms with van der Waals surface area (Å²) in [5.74, 6) is 0.686. The first-order valence-electron chi connectivity index (χ1n) is 7.20. The van der Waals surface area contributed by atoms with E-state index >= 15 is 0 Å². The van der Waals surface area contributed by atoms with Gasteiger partial charge in [-0.15, -0.1) is 0 Å². The van der Waals surface area contributed by atoms with Crippen molar-refractivity contribution in [1.29, 1.82) is 0 Å². The molecule has 2 aromatic rings. The van der Waals surface area contributed by atoms with Crippen LogP contribution in [0.2, 0.25) is 0 Å². The molecule has 1 N–H and O–H groups in total. The lowest BCUT2D eigenvalue weighted by Gasteiger charge is -2.15. The molecule has 120 valence electrons. The van der Waals surface area contributed by atoms with Gasteiger partial charge >= 0.3 is 0 Å². The smallest absolute Gasteiger partial charge is 0.259 e. The van der Waals surface area contributed by atoms with Crippen LogP contribution in [0.4, 0.5) is 0 Å². The standard InChI is InChI=1S/C14H20N4O2S2/c1-11-15-14(9-17(11)2)22(19,20)16-13-3-5-18(8-13)7-12-4-6-21-10-12/h4,6,9-10,13,16H,3,5,7-8H2,1-2H3. The maximum absolute atomic E-state index is 12.4. The fourth-order valence-electron chi connectivity index (χ4n) is 2.65. The number of nitrogens with zero attached hydrogens (tertiary/aromatic N) is 3. The molecule has 1 fully saturated rings. The van der Waals surface area contributed by atoms with Crippen LogP contribution in [0.5, 0.6) is 0 Å². The van der Waals surface area contributed by atoms with Crippen molar-refractivity contribution in [3.05, 3.63) is 34.4 Å². The summed E-state index contributed by atoms with van der Waals surface area (Å²) in [7, 11) is -1.75. The van der Waals surface area contributed by atoms with Gasteiger partial charge in [0.25, 0.3) is 10.0 Å². The Kier molecular flexibility index (Phi) is 4.35. The number of rotatable bonds is 5. The van der Waals surface area contributed by atoms with Gasteiger partial charge in [0.05, 0.1) is 0 Å². The summed E-state index contributed by atoms with van der Waals surface area (Å²) in [5.41, 5.74) is 1.29. The van der Waals surface area contributed by atoms with Crippen molar-refractivity contribution in [2.24, 2.45) is 7.05 Å². The molecule has 1 atom stereocenters. The van der Waals surface area contributed by atoms with Crippen LogP contribution in [0.15, 0.2) is 28.0 Å². The molecule has 3 heterocycles. The monoisotopic (exact) mass is 340 g/mol. The molecular formula is C14H20N4O2S2. The Hall–Kier alpha value is -1.22. The van der Waals surface area contributed by atoms with Crippen LogP contribution in [0, 0.1) is 6.92 Å². The molecule has 0 bridgehead atoms. The quantitative estimate of drug-likeness (QED) is 0.892. The normalized spacial score (nSPS) is 19.8. The molecule has 0 spiro atoms. The summed E-state index contributed by atoms with van der Waals surface area (Å²) in [6, 6.07) is 2.06. The van der Waals surface area contributed by atoms with Gasteiger partial charge in [0.15, 0.2) is 5.03 Å². The SMILES string of the molecule is Cc1nc(S(=O)(=O)NC2CCN(Cc3ccsc3)C2)cn1C. The Morgan fingerprint density at radius 2 is 2.32 bits per heavy atom. The van der Waals surface area contributed by atoms with Crippen molar-refractivity contribution in [3.63, 3.8) is 0 Å². The first-order valence-corrected chi connectivity index (χ1v) is 9.62. The molecule has 22 heavy (non-hydrogen) atoms. The number of likely N-dealkylation sites (tertiary alicyclic amines) is 1. The third kappa shape index (κ3) is 3.40. The van der Waals surface area contributed by atoms with Gasteiger partial charge in [0.2, 0.25) is 0 Å². The average Bonchev–Trinajstić information content (AvgIpc) is 3.15. The highest BCUT2D eigenvalue weighted by Gasteiger charge is 2.28. The minimum atomic E-state index is -3.54. The molecular weight excluding hydrogens is 320 g/mol. The van der Waals surface area contributed by atoms with E-state index in [1.807, 2.05) is 0 Å². The van der Waals surface area contributed by atoms with Gasteiger partial charge in [0, 0.05) is 38.9 Å². The van der Waals surface area contributed by atoms with Crippen LogP contribution in [0.25, 0.3) is 0 Å². The van der Waals surface area contributed by atoms with Crippen molar-refractivity contribution in [1.82, 2.24) is 19.2 Å². The highest BCUT2D eigenvalue weighted by molar-refractivity contribution is 7.89. The molecule has 1 aliphatic heterocycles. The van der Waals surface area contributed by atoms with Gasteiger partial charge in [-0.3, -0.25) is 4.90 Å². The van der Waals surface area contributed by atoms with E-state index in [0.29, 0.717) is 5.82 Å². The van der Waals surface area contributed by atoms with Crippen molar-refractivity contribution in [3.8, 4) is 0 Å². The number of imidazole rings is 1. The second-order valence-corrected chi connectivity index (χ2v) is 8.15. The summed E-state index contributed by atoms with van der Waals surface area (Å²) in [5, 5.41) is 4.30. The second kappa shape index (κ2) is 6.11. The van der Waals surface area contributed by atoms with E-state index in [1.54, 1.807) is 36.1 Å². The Morgan fingerprint density at radius 3 is 2.95 bits per heavy atom. The summed E-state index contributed by atoms with van der Waals surface area (Å²) in [6.07, 6.45) is 2.38. The van der Waals surface area contributed by atoms with Crippen LogP contribution in [0.3, 0.4) is 0 Å². The van der Waals surface area contributed by atoms with Gasteiger partial charge in [-0.2, -0.15) is 11.3 Å². The summed E-state index contributed by atoms with van der Waals surface area (Å²) in [6.45, 7) is 4.31. The van der Waals surface area contributed by atoms with Crippen LogP contribution in [0.1, 0.15) is 17.8 Å². The van der Waals surface area contributed by atoms with Gasteiger partial charge in [-0.25, -0.2) is 18.1 Å². The molecule has 0 aromatic carbocycles. The van der Waals surface area contributed by atoms with Crippen LogP contribution >= 0.6 is 11.3 Å². The zero-order valence-corrected chi connectivity index (χ0v) is 14.3. The Balaban J connectivity index is 1.61. The lowest BCUT2D eigenvalue weighted by Crippen LogP contribution is -2.37. The van der Waals surface area contributed by atoms with Crippen molar-refractivity contribution < 1.29 is 8.42 Å². The molecule has 0 saturated carbocycles. The molecule has 0 amide bonds. The topological polar surface area (TPSA) is 67.2 Å². The molecule has 1 unspecified atom stereocenters. The molecule has 1 saturated heterocycles. The first kappa shape index (κ1) is 15.7. The van der Waals surface area contributed by atoms with Crippen LogP contribution < -0.4 is 4.72 Å². The summed E-state index contributed by atoms with van der Waals surface area (Å²) >= 11 is 1.69. The van der Waals surface area contributed by atoms with E-state index in [4.69, 9.17) is 0 Å². The number of nitrogens with one attached hydrogen (secondary N) is 1. The molecule has 0 aliphatic carbocycles. The van der Waals surface area contributed by atoms with E-state index in [-0.39, 0.29) is 11.1 Å². The van der Waals surface area contributed by atoms with E-state index in [9.17, 15) is 8.42 Å². The maximum atomic E-state index is 12.4. The Bertz CT molecular complexity index is 717. The molecule has 1 aliphatic rings. The molecule has 8 heteroatoms. The minimum absolute atomic E-state index is 0.0500. The van der Waals surface area contributed by atoms with Crippen LogP contribution in [-0.2, 0) is 23.6 Å². The number of aromatic nitrogens is 2. The van der Waals surface area contributed by atoms with E-state index in [1.165, 1.54) is 5.56 Å². The number of sulfonamides is 1. The van der Waals surface area contributed by atoms with E-state index in [2.05, 4.69) is 31.4 Å². The van der Waals surface area contributed by atoms with Gasteiger partial charge in [-0.1, -0.05) is 0 Å². The third-order valence-corrected chi connectivity index (χ3v) is 6.07. The highest BCUT2D eigenvalue weighted by Crippen LogP contribution is 2.17. The summed E-state index contributed by atoms with van der Waals surface area (Å²) in [4.78, 5) is 6.38. The van der Waals surface area contributed by atoms with Crippen molar-refractivity contribution >= 4 is 21.4 Å². The third-order valence-electron chi connectivity index (χ3n) is 3.94. The summed E-state index contributed by atoms with van der Waals surface area (Å²) < 4.78 is 29.2. The predicted molar refractivity (Wildman–Crippen MR) is 86.3 cm³/mol. The van der Waals surface area contributed by atoms with Crippen LogP contribution in [-0.4, -0.2) is 42.0 Å². The highest BCUT2D eigenvalue weighted by atomic mass is 32.2. The molecule has 6 nitrogen and oxygen atoms in total. The fourth-order valence-corrected chi connectivity index (χ4v) is 4.61. The number of thiophene rings is 1. The minimum Gasteiger partial charge on any atom is -0.337 e. The number of aryl methyl sites for hydroxylation is 2. The Morgan fingerprint density at radius 1 is 1.50 bits per heavy atom. The zero-order valence-electron chi connectivity index (χ0n) is 12.7. The van der Waals surface area contributed by atoms with Gasteiger partial charge in [-0.05, 0) is 35.7 Å². The number of hydrogen-bond acceptors (Lipinski definition) is 5. The predicted octanol–water partition coefficient (Wildman–Crippen LogP) is 1.34. The van der Waals surface area contributed by atoms with Crippen molar-refractivity contribution in [2.75, 3.05) is 13.1 Å². The zero-order chi connectivity index (χ0) is 15.7. The van der Waals surface area contributed by atoms with Crippen molar-refractivity contribution in [2.45, 2.75) is 31.0 Å². The maximum Gasteiger partial charge on any atom is 0.259 e. The first-order chi connectivity index (χ1) is 10.4.